The predicted molar refractivity (Wildman–Crippen MR) is 114 cm³/mol. The van der Waals surface area contributed by atoms with Crippen molar-refractivity contribution in [2.24, 2.45) is 17.8 Å². The van der Waals surface area contributed by atoms with Crippen molar-refractivity contribution in [3.05, 3.63) is 35.4 Å². The normalized spacial score (nSPS) is 26.1. The minimum Gasteiger partial charge on any atom is -0.371 e. The molecule has 2 saturated carbocycles. The van der Waals surface area contributed by atoms with Gasteiger partial charge in [0.15, 0.2) is 0 Å². The molecule has 1 nitrogen and oxygen atoms in total. The highest BCUT2D eigenvalue weighted by atomic mass is 16.5. The molecule has 1 heteroatoms. The lowest BCUT2D eigenvalue weighted by molar-refractivity contribution is -0.0375. The summed E-state index contributed by atoms with van der Waals surface area (Å²) in [5, 5.41) is 0. The Bertz CT molecular complexity index is 549. The Morgan fingerprint density at radius 1 is 0.815 bits per heavy atom. The Balaban J connectivity index is 1.41. The first-order valence-corrected chi connectivity index (χ1v) is 12.0. The zero-order valence-electron chi connectivity index (χ0n) is 17.5. The van der Waals surface area contributed by atoms with E-state index in [9.17, 15) is 0 Å². The van der Waals surface area contributed by atoms with E-state index in [-0.39, 0.29) is 0 Å². The summed E-state index contributed by atoms with van der Waals surface area (Å²) in [5.41, 5.74) is 3.00. The second-order valence-corrected chi connectivity index (χ2v) is 9.72. The monoisotopic (exact) mass is 368 g/mol. The first-order chi connectivity index (χ1) is 13.3. The number of rotatable bonds is 6. The van der Waals surface area contributed by atoms with Gasteiger partial charge < -0.3 is 4.74 Å². The van der Waals surface area contributed by atoms with Gasteiger partial charge in [0.05, 0.1) is 12.2 Å². The van der Waals surface area contributed by atoms with Crippen molar-refractivity contribution in [2.45, 2.75) is 109 Å². The van der Waals surface area contributed by atoms with E-state index in [1.807, 2.05) is 0 Å². The van der Waals surface area contributed by atoms with E-state index < -0.39 is 0 Å². The molecule has 0 N–H and O–H groups in total. The number of aryl methyl sites for hydroxylation is 1. The van der Waals surface area contributed by atoms with E-state index in [4.69, 9.17) is 4.74 Å². The molecule has 3 aliphatic rings. The largest absolute Gasteiger partial charge is 0.371 e. The van der Waals surface area contributed by atoms with Crippen LogP contribution in [0.3, 0.4) is 0 Å². The Labute approximate surface area is 167 Å². The van der Waals surface area contributed by atoms with Crippen LogP contribution in [0, 0.1) is 17.8 Å². The molecule has 0 saturated heterocycles. The third-order valence-corrected chi connectivity index (χ3v) is 7.83. The number of benzene rings is 1. The van der Waals surface area contributed by atoms with Crippen molar-refractivity contribution in [2.75, 3.05) is 0 Å². The highest BCUT2D eigenvalue weighted by Crippen LogP contribution is 2.43. The van der Waals surface area contributed by atoms with Crippen LogP contribution in [0.5, 0.6) is 0 Å². The predicted octanol–water partition coefficient (Wildman–Crippen LogP) is 7.64. The molecule has 2 fully saturated rings. The smallest absolute Gasteiger partial charge is 0.0831 e. The zero-order valence-corrected chi connectivity index (χ0v) is 17.5. The molecule has 0 aromatic heterocycles. The van der Waals surface area contributed by atoms with E-state index in [1.54, 1.807) is 0 Å². The summed E-state index contributed by atoms with van der Waals surface area (Å²) in [5.74, 6) is 2.87. The van der Waals surface area contributed by atoms with Gasteiger partial charge in [-0.05, 0) is 61.5 Å². The Kier molecular flexibility index (Phi) is 6.92. The fraction of sp³-hybridized carbons (Fsp3) is 0.769. The molecule has 0 spiro atoms. The SMILES string of the molecule is CC(CC(C1CCCCC1)C1CCCCC1)OC1CCCc2ccccc21. The summed E-state index contributed by atoms with van der Waals surface area (Å²) in [4.78, 5) is 0. The lowest BCUT2D eigenvalue weighted by atomic mass is 9.68. The third kappa shape index (κ3) is 4.97. The molecule has 4 rings (SSSR count). The molecule has 0 heterocycles. The molecule has 1 aromatic rings. The maximum atomic E-state index is 6.73. The van der Waals surface area contributed by atoms with Crippen molar-refractivity contribution >= 4 is 0 Å². The Morgan fingerprint density at radius 2 is 1.44 bits per heavy atom. The molecule has 0 radical (unpaired) electrons. The standard InChI is InChI=1S/C26H40O/c1-20(27-26-18-10-16-21-15-8-9-17-24(21)26)19-25(22-11-4-2-5-12-22)23-13-6-3-7-14-23/h8-9,15,17,20,22-23,25-26H,2-7,10-14,16,18-19H2,1H3. The molecule has 27 heavy (non-hydrogen) atoms. The maximum Gasteiger partial charge on any atom is 0.0831 e. The summed E-state index contributed by atoms with van der Waals surface area (Å²) in [6.45, 7) is 2.37. The quantitative estimate of drug-likeness (QED) is 0.501. The van der Waals surface area contributed by atoms with E-state index in [0.717, 1.165) is 17.8 Å². The molecule has 3 aliphatic carbocycles. The lowest BCUT2D eigenvalue weighted by Gasteiger charge is -2.40. The van der Waals surface area contributed by atoms with Gasteiger partial charge in [0.1, 0.15) is 0 Å². The van der Waals surface area contributed by atoms with Gasteiger partial charge in [-0.25, -0.2) is 0 Å². The molecule has 1 aromatic carbocycles. The van der Waals surface area contributed by atoms with Crippen molar-refractivity contribution in [1.29, 1.82) is 0 Å². The summed E-state index contributed by atoms with van der Waals surface area (Å²) in [7, 11) is 0. The molecule has 150 valence electrons. The van der Waals surface area contributed by atoms with Gasteiger partial charge in [0.2, 0.25) is 0 Å². The zero-order chi connectivity index (χ0) is 18.5. The molecule has 0 amide bonds. The Hall–Kier alpha value is -0.820. The van der Waals surface area contributed by atoms with Crippen molar-refractivity contribution in [3.8, 4) is 0 Å². The second-order valence-electron chi connectivity index (χ2n) is 9.72. The van der Waals surface area contributed by atoms with Gasteiger partial charge in [0.25, 0.3) is 0 Å². The van der Waals surface area contributed by atoms with Crippen LogP contribution in [0.1, 0.15) is 108 Å². The topological polar surface area (TPSA) is 9.23 Å². The van der Waals surface area contributed by atoms with E-state index >= 15 is 0 Å². The van der Waals surface area contributed by atoms with Crippen LogP contribution in [0.2, 0.25) is 0 Å². The molecular weight excluding hydrogens is 328 g/mol. The van der Waals surface area contributed by atoms with Gasteiger partial charge in [-0.1, -0.05) is 88.5 Å². The molecule has 2 unspecified atom stereocenters. The van der Waals surface area contributed by atoms with Crippen LogP contribution < -0.4 is 0 Å². The average Bonchev–Trinajstić information content (AvgIpc) is 2.73. The van der Waals surface area contributed by atoms with Crippen LogP contribution in [-0.2, 0) is 11.2 Å². The highest BCUT2D eigenvalue weighted by Gasteiger charge is 2.33. The average molecular weight is 369 g/mol. The van der Waals surface area contributed by atoms with Crippen molar-refractivity contribution in [3.63, 3.8) is 0 Å². The fourth-order valence-electron chi connectivity index (χ4n) is 6.46. The number of fused-ring (bicyclic) bond motifs is 1. The van der Waals surface area contributed by atoms with Gasteiger partial charge in [-0.2, -0.15) is 0 Å². The summed E-state index contributed by atoms with van der Waals surface area (Å²) in [6.07, 6.45) is 20.5. The van der Waals surface area contributed by atoms with Gasteiger partial charge in [0, 0.05) is 0 Å². The first-order valence-electron chi connectivity index (χ1n) is 12.0. The van der Waals surface area contributed by atoms with Crippen LogP contribution in [0.4, 0.5) is 0 Å². The van der Waals surface area contributed by atoms with Crippen molar-refractivity contribution in [1.82, 2.24) is 0 Å². The van der Waals surface area contributed by atoms with E-state index in [0.29, 0.717) is 12.2 Å². The maximum absolute atomic E-state index is 6.73. The lowest BCUT2D eigenvalue weighted by Crippen LogP contribution is -2.31. The minimum absolute atomic E-state index is 0.336. The van der Waals surface area contributed by atoms with E-state index in [2.05, 4.69) is 31.2 Å². The van der Waals surface area contributed by atoms with Crippen LogP contribution in [-0.4, -0.2) is 6.10 Å². The van der Waals surface area contributed by atoms with Gasteiger partial charge >= 0.3 is 0 Å². The summed E-state index contributed by atoms with van der Waals surface area (Å²) < 4.78 is 6.73. The minimum atomic E-state index is 0.336. The highest BCUT2D eigenvalue weighted by molar-refractivity contribution is 5.31. The number of hydrogen-bond donors (Lipinski definition) is 0. The third-order valence-electron chi connectivity index (χ3n) is 7.83. The fourth-order valence-corrected chi connectivity index (χ4v) is 6.46. The summed E-state index contributed by atoms with van der Waals surface area (Å²) in [6, 6.07) is 9.00. The van der Waals surface area contributed by atoms with Crippen LogP contribution in [0.25, 0.3) is 0 Å². The van der Waals surface area contributed by atoms with Crippen LogP contribution in [0.15, 0.2) is 24.3 Å². The second kappa shape index (κ2) is 9.59. The van der Waals surface area contributed by atoms with Gasteiger partial charge in [-0.15, -0.1) is 0 Å². The van der Waals surface area contributed by atoms with E-state index in [1.165, 1.54) is 101 Å². The number of hydrogen-bond acceptors (Lipinski definition) is 1. The van der Waals surface area contributed by atoms with Crippen molar-refractivity contribution < 1.29 is 4.74 Å². The molecule has 0 bridgehead atoms. The summed E-state index contributed by atoms with van der Waals surface area (Å²) >= 11 is 0. The molecule has 0 aliphatic heterocycles. The molecular formula is C26H40O. The van der Waals surface area contributed by atoms with Gasteiger partial charge in [-0.3, -0.25) is 0 Å². The number of ether oxygens (including phenoxy) is 1. The molecule has 2 atom stereocenters. The first kappa shape index (κ1) is 19.5. The Morgan fingerprint density at radius 3 is 2.11 bits per heavy atom. The van der Waals surface area contributed by atoms with Crippen LogP contribution >= 0.6 is 0 Å².